The number of benzene rings is 1. The van der Waals surface area contributed by atoms with Crippen LogP contribution in [0.3, 0.4) is 0 Å². The molecule has 0 heterocycles. The number of carboxylic acids is 1. The Balaban J connectivity index is 3.16. The number of rotatable bonds is 2. The smallest absolute Gasteiger partial charge is 0.377 e. The molecule has 0 aliphatic carbocycles. The lowest BCUT2D eigenvalue weighted by molar-refractivity contribution is -0.131. The van der Waals surface area contributed by atoms with Crippen LogP contribution in [0.5, 0.6) is 0 Å². The van der Waals surface area contributed by atoms with Crippen molar-refractivity contribution in [3.63, 3.8) is 0 Å². The van der Waals surface area contributed by atoms with Crippen molar-refractivity contribution >= 4 is 39.3 Å². The number of carbonyl (C=O) groups is 2. The molecule has 1 aromatic rings. The normalized spacial score (nSPS) is 9.69. The second-order valence-electron chi connectivity index (χ2n) is 2.26. The summed E-state index contributed by atoms with van der Waals surface area (Å²) in [6, 6.07) is 4.39. The molecule has 5 heteroatoms. The second kappa shape index (κ2) is 3.89. The quantitative estimate of drug-likeness (QED) is 0.658. The molecule has 0 aliphatic rings. The van der Waals surface area contributed by atoms with Crippen LogP contribution in [-0.4, -0.2) is 16.9 Å². The van der Waals surface area contributed by atoms with Crippen LogP contribution < -0.4 is 0 Å². The van der Waals surface area contributed by atoms with Gasteiger partial charge in [0.1, 0.15) is 0 Å². The molecule has 0 saturated carbocycles. The highest BCUT2D eigenvalue weighted by Crippen LogP contribution is 2.21. The maximum Gasteiger partial charge on any atom is 0.377 e. The number of ketones is 1. The van der Waals surface area contributed by atoms with Crippen molar-refractivity contribution in [1.82, 2.24) is 0 Å². The summed E-state index contributed by atoms with van der Waals surface area (Å²) in [6.07, 6.45) is 0. The topological polar surface area (TPSA) is 54.4 Å². The van der Waals surface area contributed by atoms with Gasteiger partial charge in [0.05, 0.1) is 5.02 Å². The number of hydrogen-bond acceptors (Lipinski definition) is 2. The summed E-state index contributed by atoms with van der Waals surface area (Å²) in [5.74, 6) is -2.51. The molecule has 0 aromatic heterocycles. The Labute approximate surface area is 87.4 Å². The maximum atomic E-state index is 11.0. The van der Waals surface area contributed by atoms with Crippen LogP contribution in [0.25, 0.3) is 0 Å². The van der Waals surface area contributed by atoms with Crippen LogP contribution in [0, 0.1) is 0 Å². The van der Waals surface area contributed by atoms with Crippen molar-refractivity contribution < 1.29 is 14.7 Å². The highest BCUT2D eigenvalue weighted by atomic mass is 79.9. The Hall–Kier alpha value is -0.870. The van der Waals surface area contributed by atoms with Crippen LogP contribution in [0.1, 0.15) is 10.4 Å². The fourth-order valence-corrected chi connectivity index (χ4v) is 1.55. The minimum Gasteiger partial charge on any atom is -0.475 e. The van der Waals surface area contributed by atoms with Crippen LogP contribution in [0.2, 0.25) is 5.02 Å². The zero-order chi connectivity index (χ0) is 10.0. The SMILES string of the molecule is O=C(O)C(=O)c1ccc(Br)cc1Cl. The van der Waals surface area contributed by atoms with Crippen LogP contribution in [0.15, 0.2) is 22.7 Å². The molecule has 0 amide bonds. The van der Waals surface area contributed by atoms with Crippen molar-refractivity contribution in [2.75, 3.05) is 0 Å². The average molecular weight is 263 g/mol. The molecule has 0 atom stereocenters. The molecule has 1 N–H and O–H groups in total. The highest BCUT2D eigenvalue weighted by molar-refractivity contribution is 9.10. The maximum absolute atomic E-state index is 11.0. The minimum atomic E-state index is -1.51. The van der Waals surface area contributed by atoms with E-state index in [1.165, 1.54) is 12.1 Å². The van der Waals surface area contributed by atoms with Gasteiger partial charge < -0.3 is 5.11 Å². The summed E-state index contributed by atoms with van der Waals surface area (Å²) in [5.41, 5.74) is -0.00244. The zero-order valence-electron chi connectivity index (χ0n) is 6.25. The summed E-state index contributed by atoms with van der Waals surface area (Å²) in [7, 11) is 0. The lowest BCUT2D eigenvalue weighted by Gasteiger charge is -1.99. The Bertz CT molecular complexity index is 376. The summed E-state index contributed by atoms with van der Waals surface area (Å²) in [6.45, 7) is 0. The lowest BCUT2D eigenvalue weighted by Crippen LogP contribution is -2.12. The first-order valence-corrected chi connectivity index (χ1v) is 4.42. The van der Waals surface area contributed by atoms with Gasteiger partial charge in [-0.2, -0.15) is 0 Å². The summed E-state index contributed by atoms with van der Waals surface area (Å²) in [4.78, 5) is 21.3. The van der Waals surface area contributed by atoms with Gasteiger partial charge in [-0.05, 0) is 18.2 Å². The molecule has 0 fully saturated rings. The second-order valence-corrected chi connectivity index (χ2v) is 3.58. The molecule has 1 rings (SSSR count). The number of aliphatic carboxylic acids is 1. The van der Waals surface area contributed by atoms with Crippen LogP contribution in [-0.2, 0) is 4.79 Å². The van der Waals surface area contributed by atoms with E-state index in [-0.39, 0.29) is 10.6 Å². The van der Waals surface area contributed by atoms with Crippen molar-refractivity contribution in [3.8, 4) is 0 Å². The van der Waals surface area contributed by atoms with Gasteiger partial charge in [-0.3, -0.25) is 4.79 Å². The fraction of sp³-hybridized carbons (Fsp3) is 0. The van der Waals surface area contributed by atoms with E-state index in [4.69, 9.17) is 16.7 Å². The molecule has 0 unspecified atom stereocenters. The van der Waals surface area contributed by atoms with E-state index in [0.29, 0.717) is 4.47 Å². The Morgan fingerprint density at radius 1 is 1.38 bits per heavy atom. The van der Waals surface area contributed by atoms with Crippen molar-refractivity contribution in [2.45, 2.75) is 0 Å². The predicted octanol–water partition coefficient (Wildman–Crippen LogP) is 2.37. The number of halogens is 2. The van der Waals surface area contributed by atoms with Gasteiger partial charge >= 0.3 is 5.97 Å². The Morgan fingerprint density at radius 3 is 2.46 bits per heavy atom. The van der Waals surface area contributed by atoms with Gasteiger partial charge in [-0.1, -0.05) is 27.5 Å². The van der Waals surface area contributed by atoms with Crippen molar-refractivity contribution in [3.05, 3.63) is 33.3 Å². The van der Waals surface area contributed by atoms with Crippen LogP contribution in [0.4, 0.5) is 0 Å². The predicted molar refractivity (Wildman–Crippen MR) is 51.1 cm³/mol. The van der Waals surface area contributed by atoms with E-state index in [0.717, 1.165) is 0 Å². The van der Waals surface area contributed by atoms with E-state index < -0.39 is 11.8 Å². The molecule has 0 bridgehead atoms. The van der Waals surface area contributed by atoms with Crippen molar-refractivity contribution in [1.29, 1.82) is 0 Å². The first-order chi connectivity index (χ1) is 6.02. The third kappa shape index (κ3) is 2.29. The summed E-state index contributed by atoms with van der Waals surface area (Å²) >= 11 is 8.79. The molecule has 0 aliphatic heterocycles. The molecule has 13 heavy (non-hydrogen) atoms. The Morgan fingerprint density at radius 2 is 2.00 bits per heavy atom. The minimum absolute atomic E-state index is 0.00244. The van der Waals surface area contributed by atoms with Gasteiger partial charge in [-0.25, -0.2) is 4.79 Å². The van der Waals surface area contributed by atoms with E-state index >= 15 is 0 Å². The van der Waals surface area contributed by atoms with Gasteiger partial charge in [0.15, 0.2) is 0 Å². The van der Waals surface area contributed by atoms with Gasteiger partial charge in [0.25, 0.3) is 5.78 Å². The number of Topliss-reactive ketones (excluding diaryl/α,β-unsaturated/α-hetero) is 1. The highest BCUT2D eigenvalue weighted by Gasteiger charge is 2.17. The van der Waals surface area contributed by atoms with E-state index in [1.807, 2.05) is 0 Å². The third-order valence-corrected chi connectivity index (χ3v) is 2.18. The number of carbonyl (C=O) groups excluding carboxylic acids is 1. The monoisotopic (exact) mass is 262 g/mol. The first-order valence-electron chi connectivity index (χ1n) is 3.25. The van der Waals surface area contributed by atoms with Crippen molar-refractivity contribution in [2.24, 2.45) is 0 Å². The average Bonchev–Trinajstić information content (AvgIpc) is 2.03. The third-order valence-electron chi connectivity index (χ3n) is 1.37. The summed E-state index contributed by atoms with van der Waals surface area (Å²) < 4.78 is 0.694. The van der Waals surface area contributed by atoms with Gasteiger partial charge in [-0.15, -0.1) is 0 Å². The molecule has 0 radical (unpaired) electrons. The lowest BCUT2D eigenvalue weighted by atomic mass is 10.1. The van der Waals surface area contributed by atoms with E-state index in [9.17, 15) is 9.59 Å². The largest absolute Gasteiger partial charge is 0.475 e. The van der Waals surface area contributed by atoms with E-state index in [1.54, 1.807) is 6.07 Å². The fourth-order valence-electron chi connectivity index (χ4n) is 0.789. The molecule has 68 valence electrons. The first kappa shape index (κ1) is 10.2. The molecular weight excluding hydrogens is 259 g/mol. The summed E-state index contributed by atoms with van der Waals surface area (Å²) in [5, 5.41) is 8.54. The molecular formula is C8H4BrClO3. The molecule has 0 spiro atoms. The molecule has 0 saturated heterocycles. The molecule has 1 aromatic carbocycles. The van der Waals surface area contributed by atoms with Crippen LogP contribution >= 0.6 is 27.5 Å². The Kier molecular flexibility index (Phi) is 3.06. The number of hydrogen-bond donors (Lipinski definition) is 1. The number of carboxylic acid groups (broad SMARTS) is 1. The van der Waals surface area contributed by atoms with Gasteiger partial charge in [0, 0.05) is 10.0 Å². The van der Waals surface area contributed by atoms with Gasteiger partial charge in [0.2, 0.25) is 0 Å². The zero-order valence-corrected chi connectivity index (χ0v) is 8.59. The molecule has 3 nitrogen and oxygen atoms in total. The standard InChI is InChI=1S/C8H4BrClO3/c9-4-1-2-5(6(10)3-4)7(11)8(12)13/h1-3H,(H,12,13). The van der Waals surface area contributed by atoms with E-state index in [2.05, 4.69) is 15.9 Å².